The van der Waals surface area contributed by atoms with Crippen molar-refractivity contribution in [3.63, 3.8) is 0 Å². The van der Waals surface area contributed by atoms with Gasteiger partial charge >= 0.3 is 0 Å². The molecule has 0 radical (unpaired) electrons. The van der Waals surface area contributed by atoms with Crippen molar-refractivity contribution in [3.05, 3.63) is 30.7 Å². The smallest absolute Gasteiger partial charge is 0.251 e. The van der Waals surface area contributed by atoms with Crippen molar-refractivity contribution in [2.75, 3.05) is 6.61 Å². The molecule has 5 heteroatoms. The van der Waals surface area contributed by atoms with Crippen molar-refractivity contribution in [2.45, 2.75) is 6.54 Å². The number of hydrogen-bond donors (Lipinski definition) is 1. The first kappa shape index (κ1) is 10.2. The first-order chi connectivity index (χ1) is 5.65. The molecule has 12 heavy (non-hydrogen) atoms. The molecular formula is C7H7BrINO2. The number of aliphatic hydroxyl groups excluding tert-OH is 1. The Balaban J connectivity index is 3.14. The lowest BCUT2D eigenvalue weighted by molar-refractivity contribution is 0.274. The molecule has 0 aliphatic carbocycles. The van der Waals surface area contributed by atoms with Crippen LogP contribution in [0.25, 0.3) is 0 Å². The Bertz CT molecular complexity index is 337. The van der Waals surface area contributed by atoms with Crippen LogP contribution in [-0.2, 0) is 6.54 Å². The summed E-state index contributed by atoms with van der Waals surface area (Å²) in [4.78, 5) is 11.2. The number of rotatable bonds is 2. The maximum atomic E-state index is 11.2. The van der Waals surface area contributed by atoms with Crippen LogP contribution < -0.4 is 5.56 Å². The largest absolute Gasteiger partial charge is 0.395 e. The molecule has 1 rings (SSSR count). The molecule has 1 aromatic heterocycles. The van der Waals surface area contributed by atoms with Crippen LogP contribution in [0.3, 0.4) is 0 Å². The van der Waals surface area contributed by atoms with Gasteiger partial charge in [0.15, 0.2) is 0 Å². The first-order valence-electron chi connectivity index (χ1n) is 3.31. The summed E-state index contributed by atoms with van der Waals surface area (Å²) in [5.74, 6) is 0. The highest BCUT2D eigenvalue weighted by molar-refractivity contribution is 14.1. The third kappa shape index (κ3) is 2.30. The van der Waals surface area contributed by atoms with Gasteiger partial charge in [-0.05, 0) is 38.5 Å². The molecule has 0 unspecified atom stereocenters. The van der Waals surface area contributed by atoms with Gasteiger partial charge < -0.3 is 9.67 Å². The van der Waals surface area contributed by atoms with Crippen LogP contribution in [-0.4, -0.2) is 16.3 Å². The average molecular weight is 344 g/mol. The monoisotopic (exact) mass is 343 g/mol. The lowest BCUT2D eigenvalue weighted by atomic mass is 10.4. The van der Waals surface area contributed by atoms with Crippen LogP contribution >= 0.6 is 38.5 Å². The first-order valence-corrected chi connectivity index (χ1v) is 5.18. The van der Waals surface area contributed by atoms with E-state index in [0.29, 0.717) is 6.54 Å². The van der Waals surface area contributed by atoms with E-state index in [-0.39, 0.29) is 12.2 Å². The van der Waals surface area contributed by atoms with E-state index in [1.807, 2.05) is 0 Å². The van der Waals surface area contributed by atoms with E-state index in [1.54, 1.807) is 6.20 Å². The van der Waals surface area contributed by atoms with E-state index in [0.717, 1.165) is 8.04 Å². The minimum atomic E-state index is -0.101. The Hall–Kier alpha value is 0.120. The zero-order valence-electron chi connectivity index (χ0n) is 6.13. The van der Waals surface area contributed by atoms with E-state index in [2.05, 4.69) is 38.5 Å². The molecule has 0 spiro atoms. The minimum absolute atomic E-state index is 0.0163. The predicted molar refractivity (Wildman–Crippen MR) is 58.2 cm³/mol. The summed E-state index contributed by atoms with van der Waals surface area (Å²) in [5, 5.41) is 8.63. The van der Waals surface area contributed by atoms with Gasteiger partial charge in [0, 0.05) is 26.9 Å². The number of aliphatic hydroxyl groups is 1. The molecule has 1 heterocycles. The van der Waals surface area contributed by atoms with Crippen molar-refractivity contribution in [1.29, 1.82) is 0 Å². The second kappa shape index (κ2) is 4.38. The van der Waals surface area contributed by atoms with Crippen molar-refractivity contribution in [1.82, 2.24) is 4.57 Å². The highest BCUT2D eigenvalue weighted by Crippen LogP contribution is 2.15. The molecule has 0 aliphatic rings. The minimum Gasteiger partial charge on any atom is -0.395 e. The molecule has 0 amide bonds. The molecule has 0 saturated carbocycles. The predicted octanol–water partition coefficient (Wildman–Crippen LogP) is 1.21. The van der Waals surface area contributed by atoms with Crippen LogP contribution in [0.5, 0.6) is 0 Å². The van der Waals surface area contributed by atoms with Gasteiger partial charge in [0.2, 0.25) is 0 Å². The summed E-state index contributed by atoms with van der Waals surface area (Å²) in [6.45, 7) is 0.333. The molecule has 0 saturated heterocycles. The van der Waals surface area contributed by atoms with Crippen LogP contribution in [0, 0.1) is 3.57 Å². The Labute approximate surface area is 91.7 Å². The standard InChI is InChI=1S/C7H7BrINO2/c8-5-3-7(12)10(1-2-11)4-6(5)9/h3-4,11H,1-2H2. The van der Waals surface area contributed by atoms with Gasteiger partial charge in [0.05, 0.1) is 6.61 Å². The lowest BCUT2D eigenvalue weighted by Crippen LogP contribution is -2.20. The van der Waals surface area contributed by atoms with Gasteiger partial charge in [-0.1, -0.05) is 0 Å². The fourth-order valence-corrected chi connectivity index (χ4v) is 1.59. The van der Waals surface area contributed by atoms with Gasteiger partial charge in [-0.3, -0.25) is 4.79 Å². The molecule has 0 aromatic carbocycles. The number of aromatic nitrogens is 1. The number of halogens is 2. The molecule has 0 bridgehead atoms. The SMILES string of the molecule is O=c1cc(Br)c(I)cn1CCO. The van der Waals surface area contributed by atoms with Crippen molar-refractivity contribution in [2.24, 2.45) is 0 Å². The quantitative estimate of drug-likeness (QED) is 0.820. The van der Waals surface area contributed by atoms with Gasteiger partial charge in [-0.2, -0.15) is 0 Å². The van der Waals surface area contributed by atoms with E-state index in [1.165, 1.54) is 10.6 Å². The highest BCUT2D eigenvalue weighted by atomic mass is 127. The molecule has 1 aromatic rings. The molecule has 66 valence electrons. The second-order valence-corrected chi connectivity index (χ2v) is 4.24. The highest BCUT2D eigenvalue weighted by Gasteiger charge is 2.00. The van der Waals surface area contributed by atoms with Crippen LogP contribution in [0.4, 0.5) is 0 Å². The second-order valence-electron chi connectivity index (χ2n) is 2.22. The van der Waals surface area contributed by atoms with Gasteiger partial charge in [0.1, 0.15) is 0 Å². The van der Waals surface area contributed by atoms with E-state index in [4.69, 9.17) is 5.11 Å². The molecule has 0 aliphatic heterocycles. The summed E-state index contributed by atoms with van der Waals surface area (Å²) >= 11 is 5.37. The molecule has 0 atom stereocenters. The van der Waals surface area contributed by atoms with Gasteiger partial charge in [-0.15, -0.1) is 0 Å². The van der Waals surface area contributed by atoms with Crippen LogP contribution in [0.1, 0.15) is 0 Å². The summed E-state index contributed by atoms with van der Waals surface area (Å²) in [5.41, 5.74) is -0.101. The van der Waals surface area contributed by atoms with E-state index in [9.17, 15) is 4.79 Å². The maximum Gasteiger partial charge on any atom is 0.251 e. The molecular weight excluding hydrogens is 337 g/mol. The summed E-state index contributed by atoms with van der Waals surface area (Å²) in [7, 11) is 0. The van der Waals surface area contributed by atoms with Crippen LogP contribution in [0.2, 0.25) is 0 Å². The lowest BCUT2D eigenvalue weighted by Gasteiger charge is -2.03. The van der Waals surface area contributed by atoms with Crippen molar-refractivity contribution < 1.29 is 5.11 Å². The topological polar surface area (TPSA) is 42.2 Å². The Morgan fingerprint density at radius 2 is 2.33 bits per heavy atom. The Kier molecular flexibility index (Phi) is 3.73. The average Bonchev–Trinajstić information content (AvgIpc) is 2.01. The molecule has 1 N–H and O–H groups in total. The zero-order chi connectivity index (χ0) is 9.14. The van der Waals surface area contributed by atoms with Gasteiger partial charge in [-0.25, -0.2) is 0 Å². The van der Waals surface area contributed by atoms with Gasteiger partial charge in [0.25, 0.3) is 5.56 Å². The summed E-state index contributed by atoms with van der Waals surface area (Å²) < 4.78 is 3.23. The van der Waals surface area contributed by atoms with Crippen LogP contribution in [0.15, 0.2) is 21.5 Å². The summed E-state index contributed by atoms with van der Waals surface area (Å²) in [6.07, 6.45) is 1.71. The molecule has 0 fully saturated rings. The number of pyridine rings is 1. The fourth-order valence-electron chi connectivity index (χ4n) is 0.805. The number of nitrogens with zero attached hydrogens (tertiary/aromatic N) is 1. The van der Waals surface area contributed by atoms with E-state index < -0.39 is 0 Å². The normalized spacial score (nSPS) is 10.2. The Morgan fingerprint density at radius 3 is 2.92 bits per heavy atom. The molecule has 3 nitrogen and oxygen atoms in total. The Morgan fingerprint density at radius 1 is 1.67 bits per heavy atom. The van der Waals surface area contributed by atoms with Crippen molar-refractivity contribution in [3.8, 4) is 0 Å². The number of hydrogen-bond acceptors (Lipinski definition) is 2. The van der Waals surface area contributed by atoms with E-state index >= 15 is 0 Å². The third-order valence-electron chi connectivity index (χ3n) is 1.37. The summed E-state index contributed by atoms with van der Waals surface area (Å²) in [6, 6.07) is 1.50. The fraction of sp³-hybridized carbons (Fsp3) is 0.286. The maximum absolute atomic E-state index is 11.2. The van der Waals surface area contributed by atoms with Crippen molar-refractivity contribution >= 4 is 38.5 Å². The zero-order valence-corrected chi connectivity index (χ0v) is 9.87. The third-order valence-corrected chi connectivity index (χ3v) is 3.63.